The standard InChI is InChI=1S/C11H12FNO3/c12-9-4-5-16-11(7-9)8-2-1-3-10(6-8)13(14)15/h1-3,6,9,11H,4-5,7H2/t9-,11+/m0/s1. The van der Waals surface area contributed by atoms with Crippen LogP contribution in [0, 0.1) is 10.1 Å². The third-order valence-electron chi connectivity index (χ3n) is 2.67. The zero-order valence-corrected chi connectivity index (χ0v) is 8.64. The summed E-state index contributed by atoms with van der Waals surface area (Å²) in [6, 6.07) is 6.19. The quantitative estimate of drug-likeness (QED) is 0.574. The number of hydrogen-bond acceptors (Lipinski definition) is 3. The number of halogens is 1. The predicted molar refractivity (Wildman–Crippen MR) is 55.9 cm³/mol. The van der Waals surface area contributed by atoms with E-state index in [9.17, 15) is 14.5 Å². The van der Waals surface area contributed by atoms with Gasteiger partial charge < -0.3 is 4.74 Å². The summed E-state index contributed by atoms with van der Waals surface area (Å²) >= 11 is 0. The first-order valence-corrected chi connectivity index (χ1v) is 5.17. The Morgan fingerprint density at radius 2 is 2.31 bits per heavy atom. The second-order valence-electron chi connectivity index (χ2n) is 3.83. The zero-order chi connectivity index (χ0) is 11.5. The Kier molecular flexibility index (Phi) is 3.14. The molecule has 0 aliphatic carbocycles. The van der Waals surface area contributed by atoms with Gasteiger partial charge >= 0.3 is 0 Å². The van der Waals surface area contributed by atoms with Gasteiger partial charge in [0.15, 0.2) is 0 Å². The fourth-order valence-corrected chi connectivity index (χ4v) is 1.83. The number of ether oxygens (including phenoxy) is 1. The van der Waals surface area contributed by atoms with Gasteiger partial charge in [-0.15, -0.1) is 0 Å². The molecule has 1 aliphatic rings. The first-order chi connectivity index (χ1) is 7.66. The molecule has 86 valence electrons. The smallest absolute Gasteiger partial charge is 0.269 e. The van der Waals surface area contributed by atoms with Gasteiger partial charge in [-0.1, -0.05) is 12.1 Å². The minimum atomic E-state index is -0.877. The van der Waals surface area contributed by atoms with Crippen molar-refractivity contribution in [2.45, 2.75) is 25.1 Å². The van der Waals surface area contributed by atoms with Crippen molar-refractivity contribution in [3.8, 4) is 0 Å². The maximum Gasteiger partial charge on any atom is 0.269 e. The van der Waals surface area contributed by atoms with Crippen molar-refractivity contribution in [2.75, 3.05) is 6.61 Å². The van der Waals surface area contributed by atoms with E-state index in [1.807, 2.05) is 0 Å². The van der Waals surface area contributed by atoms with Gasteiger partial charge in [0.05, 0.1) is 17.6 Å². The van der Waals surface area contributed by atoms with Gasteiger partial charge in [-0.3, -0.25) is 10.1 Å². The predicted octanol–water partition coefficient (Wildman–Crippen LogP) is 2.78. The highest BCUT2D eigenvalue weighted by atomic mass is 19.1. The molecule has 0 amide bonds. The number of nitro groups is 1. The van der Waals surface area contributed by atoms with Crippen LogP contribution in [0.25, 0.3) is 0 Å². The molecule has 0 bridgehead atoms. The van der Waals surface area contributed by atoms with Crippen LogP contribution in [0.15, 0.2) is 24.3 Å². The highest BCUT2D eigenvalue weighted by Crippen LogP contribution is 2.31. The largest absolute Gasteiger partial charge is 0.373 e. The molecule has 1 saturated heterocycles. The molecular weight excluding hydrogens is 213 g/mol. The molecule has 1 aromatic rings. The third kappa shape index (κ3) is 2.36. The molecule has 0 saturated carbocycles. The fraction of sp³-hybridized carbons (Fsp3) is 0.455. The summed E-state index contributed by atoms with van der Waals surface area (Å²) in [7, 11) is 0. The van der Waals surface area contributed by atoms with Crippen LogP contribution in [-0.2, 0) is 4.74 Å². The van der Waals surface area contributed by atoms with Crippen molar-refractivity contribution in [3.63, 3.8) is 0 Å². The summed E-state index contributed by atoms with van der Waals surface area (Å²) < 4.78 is 18.6. The SMILES string of the molecule is O=[N+]([O-])c1cccc([C@H]2C[C@@H](F)CCO2)c1. The molecule has 2 atom stereocenters. The van der Waals surface area contributed by atoms with Crippen LogP contribution in [0.2, 0.25) is 0 Å². The molecule has 2 rings (SSSR count). The lowest BCUT2D eigenvalue weighted by Crippen LogP contribution is -2.20. The topological polar surface area (TPSA) is 52.4 Å². The van der Waals surface area contributed by atoms with E-state index in [4.69, 9.17) is 4.74 Å². The van der Waals surface area contributed by atoms with Crippen LogP contribution < -0.4 is 0 Å². The highest BCUT2D eigenvalue weighted by molar-refractivity contribution is 5.35. The van der Waals surface area contributed by atoms with Crippen molar-refractivity contribution in [1.29, 1.82) is 0 Å². The number of nitro benzene ring substituents is 1. The summed E-state index contributed by atoms with van der Waals surface area (Å²) in [4.78, 5) is 10.1. The summed E-state index contributed by atoms with van der Waals surface area (Å²) in [5.74, 6) is 0. The van der Waals surface area contributed by atoms with E-state index in [-0.39, 0.29) is 18.2 Å². The summed E-state index contributed by atoms with van der Waals surface area (Å²) in [6.45, 7) is 0.370. The van der Waals surface area contributed by atoms with E-state index < -0.39 is 11.1 Å². The van der Waals surface area contributed by atoms with E-state index in [0.717, 1.165) is 0 Å². The van der Waals surface area contributed by atoms with Crippen LogP contribution >= 0.6 is 0 Å². The van der Waals surface area contributed by atoms with Crippen LogP contribution in [0.3, 0.4) is 0 Å². The summed E-state index contributed by atoms with van der Waals surface area (Å²) in [5.41, 5.74) is 0.693. The Morgan fingerprint density at radius 3 is 3.00 bits per heavy atom. The number of rotatable bonds is 2. The Hall–Kier alpha value is -1.49. The van der Waals surface area contributed by atoms with Crippen molar-refractivity contribution < 1.29 is 14.1 Å². The number of benzene rings is 1. The monoisotopic (exact) mass is 225 g/mol. The second-order valence-corrected chi connectivity index (χ2v) is 3.83. The van der Waals surface area contributed by atoms with Crippen molar-refractivity contribution >= 4 is 5.69 Å². The molecule has 0 aromatic heterocycles. The molecular formula is C11H12FNO3. The lowest BCUT2D eigenvalue weighted by Gasteiger charge is -2.25. The molecule has 0 radical (unpaired) electrons. The van der Waals surface area contributed by atoms with Crippen LogP contribution in [-0.4, -0.2) is 17.7 Å². The van der Waals surface area contributed by atoms with E-state index in [2.05, 4.69) is 0 Å². The number of alkyl halides is 1. The molecule has 4 nitrogen and oxygen atoms in total. The average Bonchev–Trinajstić information content (AvgIpc) is 2.29. The average molecular weight is 225 g/mol. The Bertz CT molecular complexity index is 397. The third-order valence-corrected chi connectivity index (χ3v) is 2.67. The van der Waals surface area contributed by atoms with Crippen LogP contribution in [0.5, 0.6) is 0 Å². The Labute approximate surface area is 92.2 Å². The van der Waals surface area contributed by atoms with Gasteiger partial charge in [-0.25, -0.2) is 4.39 Å². The van der Waals surface area contributed by atoms with Gasteiger partial charge in [-0.2, -0.15) is 0 Å². The lowest BCUT2D eigenvalue weighted by atomic mass is 10.00. The summed E-state index contributed by atoms with van der Waals surface area (Å²) in [5, 5.41) is 10.6. The van der Waals surface area contributed by atoms with Gasteiger partial charge in [0.25, 0.3) is 5.69 Å². The van der Waals surface area contributed by atoms with E-state index in [1.165, 1.54) is 12.1 Å². The fourth-order valence-electron chi connectivity index (χ4n) is 1.83. The van der Waals surface area contributed by atoms with Crippen molar-refractivity contribution in [2.24, 2.45) is 0 Å². The molecule has 1 fully saturated rings. The molecule has 1 heterocycles. The minimum Gasteiger partial charge on any atom is -0.373 e. The minimum absolute atomic E-state index is 0.0158. The van der Waals surface area contributed by atoms with Crippen molar-refractivity contribution in [1.82, 2.24) is 0 Å². The van der Waals surface area contributed by atoms with E-state index >= 15 is 0 Å². The van der Waals surface area contributed by atoms with Crippen LogP contribution in [0.1, 0.15) is 24.5 Å². The molecule has 1 aliphatic heterocycles. The van der Waals surface area contributed by atoms with Gasteiger partial charge in [0.2, 0.25) is 0 Å². The normalized spacial score (nSPS) is 25.3. The van der Waals surface area contributed by atoms with Gasteiger partial charge in [0.1, 0.15) is 6.17 Å². The lowest BCUT2D eigenvalue weighted by molar-refractivity contribution is -0.385. The maximum atomic E-state index is 13.2. The Morgan fingerprint density at radius 1 is 1.50 bits per heavy atom. The molecule has 5 heteroatoms. The number of hydrogen-bond donors (Lipinski definition) is 0. The zero-order valence-electron chi connectivity index (χ0n) is 8.64. The van der Waals surface area contributed by atoms with E-state index in [1.54, 1.807) is 12.1 Å². The molecule has 0 spiro atoms. The number of nitrogens with zero attached hydrogens (tertiary/aromatic N) is 1. The molecule has 0 N–H and O–H groups in total. The maximum absolute atomic E-state index is 13.2. The molecule has 0 unspecified atom stereocenters. The first-order valence-electron chi connectivity index (χ1n) is 5.17. The first kappa shape index (κ1) is 11.0. The van der Waals surface area contributed by atoms with Crippen LogP contribution in [0.4, 0.5) is 10.1 Å². The number of non-ortho nitro benzene ring substituents is 1. The molecule has 1 aromatic carbocycles. The summed E-state index contributed by atoms with van der Waals surface area (Å²) in [6.07, 6.45) is -0.547. The van der Waals surface area contributed by atoms with Crippen molar-refractivity contribution in [3.05, 3.63) is 39.9 Å². The second kappa shape index (κ2) is 4.57. The van der Waals surface area contributed by atoms with E-state index in [0.29, 0.717) is 18.6 Å². The van der Waals surface area contributed by atoms with Gasteiger partial charge in [-0.05, 0) is 5.56 Å². The highest BCUT2D eigenvalue weighted by Gasteiger charge is 2.24. The Balaban J connectivity index is 2.19. The molecule has 16 heavy (non-hydrogen) atoms. The van der Waals surface area contributed by atoms with Gasteiger partial charge in [0, 0.05) is 25.0 Å².